The number of nitrogens with zero attached hydrogens (tertiary/aromatic N) is 2. The summed E-state index contributed by atoms with van der Waals surface area (Å²) in [5.74, 6) is 0.844. The molecule has 3 nitrogen and oxygen atoms in total. The van der Waals surface area contributed by atoms with Crippen LogP contribution in [0.5, 0.6) is 0 Å². The lowest BCUT2D eigenvalue weighted by atomic mass is 10.2. The van der Waals surface area contributed by atoms with E-state index in [1.54, 1.807) is 0 Å². The summed E-state index contributed by atoms with van der Waals surface area (Å²) in [4.78, 5) is 4.55. The van der Waals surface area contributed by atoms with Gasteiger partial charge in [0.05, 0.1) is 10.7 Å². The van der Waals surface area contributed by atoms with Crippen molar-refractivity contribution in [1.82, 2.24) is 9.55 Å². The molecule has 2 rings (SSSR count). The van der Waals surface area contributed by atoms with Crippen molar-refractivity contribution in [2.75, 3.05) is 6.61 Å². The second kappa shape index (κ2) is 4.90. The zero-order valence-corrected chi connectivity index (χ0v) is 10.7. The smallest absolute Gasteiger partial charge is 0.141 e. The first-order valence-electron chi connectivity index (χ1n) is 5.53. The maximum absolute atomic E-state index is 8.99. The molecule has 0 unspecified atom stereocenters. The summed E-state index contributed by atoms with van der Waals surface area (Å²) in [7, 11) is 1.96. The second-order valence-electron chi connectivity index (χ2n) is 3.98. The van der Waals surface area contributed by atoms with E-state index in [2.05, 4.69) is 4.98 Å². The predicted octanol–water partition coefficient (Wildman–Crippen LogP) is 2.58. The number of aliphatic hydroxyl groups is 1. The van der Waals surface area contributed by atoms with E-state index in [0.29, 0.717) is 11.4 Å². The second-order valence-corrected chi connectivity index (χ2v) is 4.39. The molecular formula is C13H15ClN2O. The third kappa shape index (κ3) is 2.21. The number of hydrogen-bond donors (Lipinski definition) is 1. The highest BCUT2D eigenvalue weighted by Crippen LogP contribution is 2.27. The minimum absolute atomic E-state index is 0.111. The Kier molecular flexibility index (Phi) is 3.50. The van der Waals surface area contributed by atoms with Gasteiger partial charge in [-0.2, -0.15) is 0 Å². The third-order valence-corrected chi connectivity index (χ3v) is 3.27. The molecule has 17 heavy (non-hydrogen) atoms. The van der Waals surface area contributed by atoms with Crippen LogP contribution >= 0.6 is 11.6 Å². The summed E-state index contributed by atoms with van der Waals surface area (Å²) in [5.41, 5.74) is 2.91. The van der Waals surface area contributed by atoms with Crippen molar-refractivity contribution in [3.05, 3.63) is 40.7 Å². The third-order valence-electron chi connectivity index (χ3n) is 2.94. The zero-order chi connectivity index (χ0) is 12.4. The van der Waals surface area contributed by atoms with E-state index in [4.69, 9.17) is 16.7 Å². The lowest BCUT2D eigenvalue weighted by molar-refractivity contribution is 0.298. The van der Waals surface area contributed by atoms with Gasteiger partial charge >= 0.3 is 0 Å². The van der Waals surface area contributed by atoms with E-state index < -0.39 is 0 Å². The summed E-state index contributed by atoms with van der Waals surface area (Å²) in [6.45, 7) is 2.11. The highest BCUT2D eigenvalue weighted by molar-refractivity contribution is 6.33. The van der Waals surface area contributed by atoms with Gasteiger partial charge < -0.3 is 9.67 Å². The van der Waals surface area contributed by atoms with Gasteiger partial charge in [-0.15, -0.1) is 0 Å². The quantitative estimate of drug-likeness (QED) is 0.909. The van der Waals surface area contributed by atoms with Crippen molar-refractivity contribution in [2.24, 2.45) is 7.05 Å². The average molecular weight is 251 g/mol. The molecule has 1 aromatic carbocycles. The number of benzene rings is 1. The number of hydrogen-bond acceptors (Lipinski definition) is 2. The van der Waals surface area contributed by atoms with Gasteiger partial charge in [-0.05, 0) is 19.1 Å². The molecule has 0 radical (unpaired) electrons. The molecule has 1 aromatic heterocycles. The monoisotopic (exact) mass is 250 g/mol. The van der Waals surface area contributed by atoms with E-state index >= 15 is 0 Å². The molecule has 0 saturated carbocycles. The Hall–Kier alpha value is -1.32. The Morgan fingerprint density at radius 1 is 1.35 bits per heavy atom. The fourth-order valence-corrected chi connectivity index (χ4v) is 2.08. The minimum Gasteiger partial charge on any atom is -0.396 e. The fraction of sp³-hybridized carbons (Fsp3) is 0.308. The lowest BCUT2D eigenvalue weighted by Gasteiger charge is -2.04. The normalized spacial score (nSPS) is 10.8. The number of imidazole rings is 1. The van der Waals surface area contributed by atoms with Gasteiger partial charge in [-0.25, -0.2) is 4.98 Å². The molecule has 2 aromatic rings. The van der Waals surface area contributed by atoms with E-state index in [-0.39, 0.29) is 6.61 Å². The van der Waals surface area contributed by atoms with Crippen molar-refractivity contribution in [1.29, 1.82) is 0 Å². The fourth-order valence-electron chi connectivity index (χ4n) is 1.86. The molecule has 1 heterocycles. The largest absolute Gasteiger partial charge is 0.396 e. The molecule has 4 heteroatoms. The van der Waals surface area contributed by atoms with Crippen molar-refractivity contribution < 1.29 is 5.11 Å². The van der Waals surface area contributed by atoms with Crippen LogP contribution in [0, 0.1) is 6.92 Å². The average Bonchev–Trinajstić information content (AvgIpc) is 2.59. The predicted molar refractivity (Wildman–Crippen MR) is 69.2 cm³/mol. The van der Waals surface area contributed by atoms with Crippen LogP contribution in [-0.4, -0.2) is 21.3 Å². The molecule has 0 aliphatic rings. The van der Waals surface area contributed by atoms with Crippen LogP contribution in [0.15, 0.2) is 24.3 Å². The standard InChI is InChI=1S/C13H15ClN2O/c1-9-12(7-8-17)15-13(16(9)2)10-5-3-4-6-11(10)14/h3-6,17H,7-8H2,1-2H3. The molecule has 0 aliphatic carbocycles. The van der Waals surface area contributed by atoms with Crippen LogP contribution in [-0.2, 0) is 13.5 Å². The van der Waals surface area contributed by atoms with E-state index in [1.165, 1.54) is 0 Å². The number of halogens is 1. The molecule has 1 N–H and O–H groups in total. The molecule has 0 atom stereocenters. The van der Waals surface area contributed by atoms with Gasteiger partial charge in [0, 0.05) is 31.3 Å². The molecule has 0 bridgehead atoms. The van der Waals surface area contributed by atoms with Crippen LogP contribution in [0.4, 0.5) is 0 Å². The van der Waals surface area contributed by atoms with Crippen molar-refractivity contribution in [3.8, 4) is 11.4 Å². The van der Waals surface area contributed by atoms with Crippen molar-refractivity contribution in [2.45, 2.75) is 13.3 Å². The van der Waals surface area contributed by atoms with E-state index in [9.17, 15) is 0 Å². The van der Waals surface area contributed by atoms with Crippen LogP contribution < -0.4 is 0 Å². The summed E-state index contributed by atoms with van der Waals surface area (Å²) < 4.78 is 2.01. The van der Waals surface area contributed by atoms with Gasteiger partial charge in [-0.1, -0.05) is 23.7 Å². The molecule has 0 fully saturated rings. The Balaban J connectivity index is 2.53. The topological polar surface area (TPSA) is 38.1 Å². The first-order valence-corrected chi connectivity index (χ1v) is 5.91. The maximum Gasteiger partial charge on any atom is 0.141 e. The molecule has 0 saturated heterocycles. The lowest BCUT2D eigenvalue weighted by Crippen LogP contribution is -1.96. The molecular weight excluding hydrogens is 236 g/mol. The first kappa shape index (κ1) is 12.1. The zero-order valence-electron chi connectivity index (χ0n) is 9.94. The molecule has 0 amide bonds. The molecule has 90 valence electrons. The van der Waals surface area contributed by atoms with Gasteiger partial charge in [0.1, 0.15) is 5.82 Å². The van der Waals surface area contributed by atoms with Gasteiger partial charge in [-0.3, -0.25) is 0 Å². The Morgan fingerprint density at radius 2 is 2.06 bits per heavy atom. The van der Waals surface area contributed by atoms with Crippen LogP contribution in [0.2, 0.25) is 5.02 Å². The molecule has 0 spiro atoms. The SMILES string of the molecule is Cc1c(CCO)nc(-c2ccccc2Cl)n1C. The van der Waals surface area contributed by atoms with E-state index in [1.807, 2.05) is 42.8 Å². The van der Waals surface area contributed by atoms with Crippen LogP contribution in [0.3, 0.4) is 0 Å². The van der Waals surface area contributed by atoms with Crippen molar-refractivity contribution >= 4 is 11.6 Å². The van der Waals surface area contributed by atoms with Crippen LogP contribution in [0.1, 0.15) is 11.4 Å². The molecule has 0 aliphatic heterocycles. The minimum atomic E-state index is 0.111. The summed E-state index contributed by atoms with van der Waals surface area (Å²) in [6, 6.07) is 7.65. The summed E-state index contributed by atoms with van der Waals surface area (Å²) >= 11 is 6.17. The summed E-state index contributed by atoms with van der Waals surface area (Å²) in [6.07, 6.45) is 0.574. The van der Waals surface area contributed by atoms with Gasteiger partial charge in [0.25, 0.3) is 0 Å². The number of rotatable bonds is 3. The Morgan fingerprint density at radius 3 is 2.71 bits per heavy atom. The number of aromatic nitrogens is 2. The highest BCUT2D eigenvalue weighted by atomic mass is 35.5. The van der Waals surface area contributed by atoms with Gasteiger partial charge in [0.15, 0.2) is 0 Å². The highest BCUT2D eigenvalue weighted by Gasteiger charge is 2.14. The first-order chi connectivity index (χ1) is 8.15. The number of aliphatic hydroxyl groups excluding tert-OH is 1. The van der Waals surface area contributed by atoms with E-state index in [0.717, 1.165) is 22.8 Å². The Bertz CT molecular complexity index is 534. The maximum atomic E-state index is 8.99. The van der Waals surface area contributed by atoms with Crippen LogP contribution in [0.25, 0.3) is 11.4 Å². The van der Waals surface area contributed by atoms with Crippen molar-refractivity contribution in [3.63, 3.8) is 0 Å². The summed E-state index contributed by atoms with van der Waals surface area (Å²) in [5, 5.41) is 9.68. The van der Waals surface area contributed by atoms with Gasteiger partial charge in [0.2, 0.25) is 0 Å². The Labute approximate surface area is 106 Å².